The summed E-state index contributed by atoms with van der Waals surface area (Å²) in [6, 6.07) is 17.1. The highest BCUT2D eigenvalue weighted by atomic mass is 16.5. The van der Waals surface area contributed by atoms with Crippen molar-refractivity contribution < 1.29 is 9.53 Å². The Hall–Kier alpha value is -4.83. The SMILES string of the molecule is Cc1ccc(NC(=O)c2cccc(N(C)C)c2)cc1Nc1ncccc1-c1ncnc2c1ncn2C1CCCCO1. The Morgan fingerprint density at radius 3 is 2.76 bits per heavy atom. The maximum absolute atomic E-state index is 13.0. The molecule has 41 heavy (non-hydrogen) atoms. The summed E-state index contributed by atoms with van der Waals surface area (Å²) in [5, 5.41) is 6.48. The first-order valence-corrected chi connectivity index (χ1v) is 13.7. The molecule has 1 saturated heterocycles. The van der Waals surface area contributed by atoms with Crippen LogP contribution in [0.3, 0.4) is 0 Å². The Morgan fingerprint density at radius 2 is 1.93 bits per heavy atom. The summed E-state index contributed by atoms with van der Waals surface area (Å²) < 4.78 is 7.97. The molecule has 2 N–H and O–H groups in total. The van der Waals surface area contributed by atoms with Crippen LogP contribution in [0.15, 0.2) is 73.4 Å². The van der Waals surface area contributed by atoms with Gasteiger partial charge in [-0.25, -0.2) is 19.9 Å². The van der Waals surface area contributed by atoms with Crippen molar-refractivity contribution in [2.24, 2.45) is 0 Å². The quantitative estimate of drug-likeness (QED) is 0.256. The molecule has 5 aromatic rings. The summed E-state index contributed by atoms with van der Waals surface area (Å²) >= 11 is 0. The molecule has 3 aromatic heterocycles. The summed E-state index contributed by atoms with van der Waals surface area (Å²) in [5.41, 5.74) is 6.94. The predicted octanol–water partition coefficient (Wildman–Crippen LogP) is 5.96. The fourth-order valence-corrected chi connectivity index (χ4v) is 4.99. The van der Waals surface area contributed by atoms with E-state index in [4.69, 9.17) is 4.74 Å². The number of aryl methyl sites for hydroxylation is 1. The minimum Gasteiger partial charge on any atom is -0.378 e. The van der Waals surface area contributed by atoms with E-state index in [2.05, 4.69) is 30.6 Å². The predicted molar refractivity (Wildman–Crippen MR) is 161 cm³/mol. The molecule has 1 atom stereocenters. The van der Waals surface area contributed by atoms with Gasteiger partial charge in [0.05, 0.1) is 6.33 Å². The molecule has 0 aliphatic carbocycles. The fourth-order valence-electron chi connectivity index (χ4n) is 4.99. The number of amides is 1. The van der Waals surface area contributed by atoms with Crippen LogP contribution in [0.25, 0.3) is 22.4 Å². The van der Waals surface area contributed by atoms with E-state index in [0.29, 0.717) is 28.3 Å². The molecule has 208 valence electrons. The number of imidazole rings is 1. The third-order valence-corrected chi connectivity index (χ3v) is 7.26. The van der Waals surface area contributed by atoms with Crippen molar-refractivity contribution >= 4 is 40.0 Å². The van der Waals surface area contributed by atoms with Crippen LogP contribution in [-0.2, 0) is 4.74 Å². The van der Waals surface area contributed by atoms with Gasteiger partial charge < -0.3 is 20.3 Å². The lowest BCUT2D eigenvalue weighted by atomic mass is 10.1. The molecular weight excluding hydrogens is 516 g/mol. The number of hydrogen-bond donors (Lipinski definition) is 2. The monoisotopic (exact) mass is 548 g/mol. The molecule has 0 spiro atoms. The van der Waals surface area contributed by atoms with E-state index in [0.717, 1.165) is 54.0 Å². The third kappa shape index (κ3) is 5.46. The summed E-state index contributed by atoms with van der Waals surface area (Å²) in [5.74, 6) is 0.448. The Kier molecular flexibility index (Phi) is 7.30. The van der Waals surface area contributed by atoms with Gasteiger partial charge in [0.15, 0.2) is 5.65 Å². The number of hydrogen-bond acceptors (Lipinski definition) is 8. The summed E-state index contributed by atoms with van der Waals surface area (Å²) in [4.78, 5) is 33.4. The highest BCUT2D eigenvalue weighted by molar-refractivity contribution is 6.05. The summed E-state index contributed by atoms with van der Waals surface area (Å²) in [6.07, 6.45) is 8.11. The van der Waals surface area contributed by atoms with Gasteiger partial charge in [-0.2, -0.15) is 0 Å². The molecule has 1 aliphatic heterocycles. The molecule has 0 saturated carbocycles. The van der Waals surface area contributed by atoms with Gasteiger partial charge in [0.2, 0.25) is 0 Å². The Balaban J connectivity index is 1.29. The van der Waals surface area contributed by atoms with Crippen LogP contribution in [0, 0.1) is 6.92 Å². The zero-order chi connectivity index (χ0) is 28.3. The number of ether oxygens (including phenoxy) is 1. The number of rotatable bonds is 7. The minimum absolute atomic E-state index is 0.0750. The van der Waals surface area contributed by atoms with Crippen LogP contribution in [0.1, 0.15) is 41.4 Å². The molecular formula is C31H32N8O2. The van der Waals surface area contributed by atoms with Crippen LogP contribution in [0.4, 0.5) is 22.9 Å². The number of nitrogens with zero attached hydrogens (tertiary/aromatic N) is 6. The Morgan fingerprint density at radius 1 is 1.02 bits per heavy atom. The number of benzene rings is 2. The van der Waals surface area contributed by atoms with Crippen LogP contribution >= 0.6 is 0 Å². The molecule has 1 unspecified atom stereocenters. The van der Waals surface area contributed by atoms with Crippen molar-refractivity contribution in [1.29, 1.82) is 0 Å². The Bertz CT molecular complexity index is 1710. The maximum atomic E-state index is 13.0. The first kappa shape index (κ1) is 26.4. The third-order valence-electron chi connectivity index (χ3n) is 7.26. The molecule has 4 heterocycles. The minimum atomic E-state index is -0.178. The largest absolute Gasteiger partial charge is 0.378 e. The van der Waals surface area contributed by atoms with Crippen LogP contribution in [0.2, 0.25) is 0 Å². The second-order valence-corrected chi connectivity index (χ2v) is 10.3. The molecule has 10 nitrogen and oxygen atoms in total. The van der Waals surface area contributed by atoms with E-state index in [1.807, 2.05) is 79.0 Å². The van der Waals surface area contributed by atoms with Crippen molar-refractivity contribution in [1.82, 2.24) is 24.5 Å². The highest BCUT2D eigenvalue weighted by Gasteiger charge is 2.22. The van der Waals surface area contributed by atoms with Crippen molar-refractivity contribution in [3.63, 3.8) is 0 Å². The van der Waals surface area contributed by atoms with Gasteiger partial charge in [0.1, 0.15) is 29.6 Å². The average molecular weight is 549 g/mol. The molecule has 6 rings (SSSR count). The van der Waals surface area contributed by atoms with E-state index >= 15 is 0 Å². The normalized spacial score (nSPS) is 15.0. The number of carbonyl (C=O) groups is 1. The van der Waals surface area contributed by atoms with E-state index in [1.165, 1.54) is 0 Å². The maximum Gasteiger partial charge on any atom is 0.255 e. The standard InChI is InChI=1S/C31H32N8O2/c1-20-12-13-22(36-31(40)21-8-6-9-23(16-21)38(2)3)17-25(20)37-29-24(10-7-14-32-29)27-28-30(34-18-33-27)39(19-35-28)26-11-4-5-15-41-26/h6-10,12-14,16-19,26H,4-5,11,15H2,1-3H3,(H,32,37)(H,36,40). The van der Waals surface area contributed by atoms with Gasteiger partial charge in [-0.05, 0) is 74.2 Å². The number of fused-ring (bicyclic) bond motifs is 1. The number of aromatic nitrogens is 5. The smallest absolute Gasteiger partial charge is 0.255 e. The summed E-state index contributed by atoms with van der Waals surface area (Å²) in [6.45, 7) is 2.74. The average Bonchev–Trinajstić information content (AvgIpc) is 3.44. The lowest BCUT2D eigenvalue weighted by Gasteiger charge is -2.23. The van der Waals surface area contributed by atoms with E-state index in [-0.39, 0.29) is 12.1 Å². The number of nitrogens with one attached hydrogen (secondary N) is 2. The first-order valence-electron chi connectivity index (χ1n) is 13.7. The van der Waals surface area contributed by atoms with Crippen LogP contribution in [0.5, 0.6) is 0 Å². The first-order chi connectivity index (χ1) is 20.0. The van der Waals surface area contributed by atoms with Gasteiger partial charge in [0, 0.05) is 55.1 Å². The van der Waals surface area contributed by atoms with Gasteiger partial charge in [-0.1, -0.05) is 12.1 Å². The van der Waals surface area contributed by atoms with Crippen molar-refractivity contribution in [3.05, 3.63) is 84.6 Å². The lowest BCUT2D eigenvalue weighted by Crippen LogP contribution is -2.17. The molecule has 0 radical (unpaired) electrons. The molecule has 2 aromatic carbocycles. The Labute approximate surface area is 238 Å². The number of anilines is 4. The number of carbonyl (C=O) groups excluding carboxylic acids is 1. The molecule has 0 bridgehead atoms. The second-order valence-electron chi connectivity index (χ2n) is 10.3. The van der Waals surface area contributed by atoms with Crippen LogP contribution < -0.4 is 15.5 Å². The van der Waals surface area contributed by atoms with Gasteiger partial charge in [-0.15, -0.1) is 0 Å². The van der Waals surface area contributed by atoms with Gasteiger partial charge in [-0.3, -0.25) is 9.36 Å². The molecule has 1 fully saturated rings. The zero-order valence-electron chi connectivity index (χ0n) is 23.3. The van der Waals surface area contributed by atoms with Crippen molar-refractivity contribution in [3.8, 4) is 11.3 Å². The topological polar surface area (TPSA) is 110 Å². The fraction of sp³-hybridized carbons (Fsp3) is 0.258. The molecule has 1 amide bonds. The number of pyridine rings is 1. The van der Waals surface area contributed by atoms with E-state index in [1.54, 1.807) is 24.9 Å². The lowest BCUT2D eigenvalue weighted by molar-refractivity contribution is -0.0298. The second kappa shape index (κ2) is 11.3. The van der Waals surface area contributed by atoms with E-state index < -0.39 is 0 Å². The van der Waals surface area contributed by atoms with Crippen molar-refractivity contribution in [2.45, 2.75) is 32.4 Å². The molecule has 10 heteroatoms. The van der Waals surface area contributed by atoms with E-state index in [9.17, 15) is 4.79 Å². The van der Waals surface area contributed by atoms with Crippen molar-refractivity contribution in [2.75, 3.05) is 36.2 Å². The highest BCUT2D eigenvalue weighted by Crippen LogP contribution is 2.34. The van der Waals surface area contributed by atoms with Crippen LogP contribution in [-0.4, -0.2) is 51.1 Å². The zero-order valence-corrected chi connectivity index (χ0v) is 23.3. The molecule has 1 aliphatic rings. The van der Waals surface area contributed by atoms with Gasteiger partial charge >= 0.3 is 0 Å². The van der Waals surface area contributed by atoms with Gasteiger partial charge in [0.25, 0.3) is 5.91 Å². The summed E-state index contributed by atoms with van der Waals surface area (Å²) in [7, 11) is 3.90.